The van der Waals surface area contributed by atoms with E-state index in [2.05, 4.69) is 46.7 Å². The summed E-state index contributed by atoms with van der Waals surface area (Å²) in [6.45, 7) is 8.74. The van der Waals surface area contributed by atoms with E-state index in [-0.39, 0.29) is 78.3 Å². The number of benzene rings is 3. The first kappa shape index (κ1) is 54.0. The largest absolute Gasteiger partial charge is 0.504 e. The van der Waals surface area contributed by atoms with Crippen LogP contribution in [0, 0.1) is 12.3 Å². The highest BCUT2D eigenvalue weighted by molar-refractivity contribution is 6.00. The normalized spacial score (nSPS) is 17.4. The summed E-state index contributed by atoms with van der Waals surface area (Å²) in [7, 11) is 1.29. The molecule has 13 N–H and O–H groups in total. The molecule has 2 heterocycles. The van der Waals surface area contributed by atoms with E-state index in [1.54, 1.807) is 6.92 Å². The number of aliphatic carboxylic acids is 1. The molecule has 70 heavy (non-hydrogen) atoms. The number of aromatic nitrogens is 2. The number of hydrogen-bond acceptors (Lipinski definition) is 16. The van der Waals surface area contributed by atoms with E-state index in [1.165, 1.54) is 50.5 Å². The molecular weight excluding hydrogens is 907 g/mol. The highest BCUT2D eigenvalue weighted by Crippen LogP contribution is 2.45. The van der Waals surface area contributed by atoms with Gasteiger partial charge < -0.3 is 72.7 Å². The summed E-state index contributed by atoms with van der Waals surface area (Å²) in [6.07, 6.45) is -0.441. The quantitative estimate of drug-likeness (QED) is 0.0633. The standard InChI is InChI=1S/C49H65N9O12/c1-26-36(23-53-43(54-26)29-8-10-33(11-9-29)68-16-14-49(3,4)5)45(63)56-37(13-15-50)47(65)58(6)41-30-19-35(42(61)40(20-30)70-25-32(60)22-52)34-17-28(7-12-39(34)69-24-31(59)21-51)18-38(48(66)67)57-44(62)27(2)55-46(41)64/h7-12,17,19-20,23,27,31-32,37-38,41,59-61H,13-16,18,21-22,24-25,50-52H2,1-6H3,(H,55,64)(H,56,63)(H,57,62)(H,66,67)/t27-,31+,32+,37-,38-,41?/m0/s1. The van der Waals surface area contributed by atoms with Crippen LogP contribution in [-0.2, 0) is 25.6 Å². The number of hydrogen-bond donors (Lipinski definition) is 10. The average molecular weight is 972 g/mol. The number of aliphatic hydroxyl groups is 2. The molecule has 378 valence electrons. The highest BCUT2D eigenvalue weighted by Gasteiger charge is 2.37. The van der Waals surface area contributed by atoms with Crippen molar-refractivity contribution in [3.8, 4) is 45.5 Å². The summed E-state index contributed by atoms with van der Waals surface area (Å²) in [5.74, 6) is -4.38. The number of likely N-dealkylation sites (N-methyl/N-ethyl adjacent to an activating group) is 1. The molecule has 0 saturated carbocycles. The number of aromatic hydroxyl groups is 1. The van der Waals surface area contributed by atoms with Gasteiger partial charge in [0.25, 0.3) is 5.91 Å². The first-order chi connectivity index (χ1) is 33.1. The molecule has 21 nitrogen and oxygen atoms in total. The molecule has 0 fully saturated rings. The van der Waals surface area contributed by atoms with Crippen molar-refractivity contribution in [1.82, 2.24) is 30.8 Å². The van der Waals surface area contributed by atoms with Crippen molar-refractivity contribution in [1.29, 1.82) is 0 Å². The van der Waals surface area contributed by atoms with Crippen LogP contribution >= 0.6 is 0 Å². The van der Waals surface area contributed by atoms with Gasteiger partial charge in [0.05, 0.1) is 17.9 Å². The number of fused-ring (bicyclic) bond motifs is 5. The van der Waals surface area contributed by atoms with E-state index >= 15 is 0 Å². The fraction of sp³-hybridized carbons (Fsp3) is 0.449. The van der Waals surface area contributed by atoms with Crippen LogP contribution in [0.5, 0.6) is 23.0 Å². The lowest BCUT2D eigenvalue weighted by Crippen LogP contribution is -2.55. The average Bonchev–Trinajstić information content (AvgIpc) is 3.31. The van der Waals surface area contributed by atoms with E-state index in [9.17, 15) is 44.4 Å². The molecule has 21 heteroatoms. The van der Waals surface area contributed by atoms with E-state index < -0.39 is 78.3 Å². The molecule has 4 bridgehead atoms. The van der Waals surface area contributed by atoms with Crippen LogP contribution in [0.4, 0.5) is 0 Å². The minimum atomic E-state index is -1.66. The molecule has 1 aliphatic rings. The number of aryl methyl sites for hydroxylation is 1. The van der Waals surface area contributed by atoms with Gasteiger partial charge >= 0.3 is 5.97 Å². The highest BCUT2D eigenvalue weighted by atomic mass is 16.5. The Kier molecular flexibility index (Phi) is 18.6. The van der Waals surface area contributed by atoms with Crippen molar-refractivity contribution in [3.05, 3.63) is 83.2 Å². The smallest absolute Gasteiger partial charge is 0.326 e. The van der Waals surface area contributed by atoms with Crippen LogP contribution in [0.1, 0.15) is 73.8 Å². The van der Waals surface area contributed by atoms with E-state index in [0.717, 1.165) is 11.3 Å². The summed E-state index contributed by atoms with van der Waals surface area (Å²) in [6, 6.07) is 8.52. The summed E-state index contributed by atoms with van der Waals surface area (Å²) < 4.78 is 17.7. The number of rotatable bonds is 19. The lowest BCUT2D eigenvalue weighted by atomic mass is 9.93. The van der Waals surface area contributed by atoms with Crippen LogP contribution in [-0.4, -0.2) is 142 Å². The predicted octanol–water partition coefficient (Wildman–Crippen LogP) is 1.31. The fourth-order valence-corrected chi connectivity index (χ4v) is 7.33. The summed E-state index contributed by atoms with van der Waals surface area (Å²) in [5.41, 5.74) is 18.9. The number of nitrogens with two attached hydrogens (primary N) is 3. The minimum Gasteiger partial charge on any atom is -0.504 e. The molecule has 4 amide bonds. The Morgan fingerprint density at radius 3 is 2.16 bits per heavy atom. The van der Waals surface area contributed by atoms with Gasteiger partial charge in [-0.15, -0.1) is 0 Å². The first-order valence-electron chi connectivity index (χ1n) is 22.8. The maximum absolute atomic E-state index is 14.7. The van der Waals surface area contributed by atoms with Gasteiger partial charge in [-0.05, 0) is 98.3 Å². The maximum Gasteiger partial charge on any atom is 0.326 e. The second-order valence-electron chi connectivity index (χ2n) is 18.3. The lowest BCUT2D eigenvalue weighted by molar-refractivity contribution is -0.143. The zero-order chi connectivity index (χ0) is 51.4. The third-order valence-corrected chi connectivity index (χ3v) is 11.5. The molecule has 1 aromatic heterocycles. The number of phenols is 1. The monoisotopic (exact) mass is 971 g/mol. The van der Waals surface area contributed by atoms with E-state index in [1.807, 2.05) is 24.3 Å². The number of nitrogens with zero attached hydrogens (tertiary/aromatic N) is 3. The fourth-order valence-electron chi connectivity index (χ4n) is 7.33. The molecule has 0 spiro atoms. The number of carbonyl (C=O) groups is 5. The van der Waals surface area contributed by atoms with Crippen LogP contribution in [0.3, 0.4) is 0 Å². The first-order valence-corrected chi connectivity index (χ1v) is 22.8. The molecule has 1 unspecified atom stereocenters. The van der Waals surface area contributed by atoms with Gasteiger partial charge in [0.2, 0.25) is 17.7 Å². The second kappa shape index (κ2) is 24.1. The van der Waals surface area contributed by atoms with Gasteiger partial charge in [-0.3, -0.25) is 19.2 Å². The summed E-state index contributed by atoms with van der Waals surface area (Å²) >= 11 is 0. The third-order valence-electron chi connectivity index (χ3n) is 11.5. The number of ether oxygens (including phenoxy) is 3. The molecule has 6 atom stereocenters. The zero-order valence-electron chi connectivity index (χ0n) is 40.2. The van der Waals surface area contributed by atoms with Crippen molar-refractivity contribution in [2.75, 3.05) is 46.5 Å². The van der Waals surface area contributed by atoms with Gasteiger partial charge in [0, 0.05) is 49.4 Å². The van der Waals surface area contributed by atoms with Crippen molar-refractivity contribution in [3.63, 3.8) is 0 Å². The van der Waals surface area contributed by atoms with Gasteiger partial charge in [-0.25, -0.2) is 14.8 Å². The van der Waals surface area contributed by atoms with Gasteiger partial charge in [0.15, 0.2) is 17.3 Å². The Bertz CT molecular complexity index is 2500. The predicted molar refractivity (Wildman–Crippen MR) is 258 cm³/mol. The Morgan fingerprint density at radius 2 is 1.56 bits per heavy atom. The minimum absolute atomic E-state index is 0.00646. The molecule has 4 aromatic rings. The lowest BCUT2D eigenvalue weighted by Gasteiger charge is -2.33. The van der Waals surface area contributed by atoms with Crippen LogP contribution < -0.4 is 47.4 Å². The third kappa shape index (κ3) is 14.1. The van der Waals surface area contributed by atoms with Crippen molar-refractivity contribution >= 4 is 29.6 Å². The van der Waals surface area contributed by atoms with E-state index in [4.69, 9.17) is 31.4 Å². The van der Waals surface area contributed by atoms with Crippen LogP contribution in [0.2, 0.25) is 0 Å². The number of aliphatic hydroxyl groups excluding tert-OH is 2. The number of phenolic OH excluding ortho intramolecular Hbond substituents is 1. The number of carbonyl (C=O) groups excluding carboxylic acids is 4. The van der Waals surface area contributed by atoms with Gasteiger partial charge in [-0.2, -0.15) is 0 Å². The SMILES string of the molecule is Cc1nc(-c2ccc(OCCC(C)(C)C)cc2)ncc1C(=O)N[C@@H](CCN)C(=O)N(C)C1C(=O)N[C@@H](C)C(=O)N[C@H](C(=O)O)Cc2ccc(OC[C@H](O)CN)c(c2)-c2cc1cc(OC[C@H](O)CN)c2O. The van der Waals surface area contributed by atoms with Crippen molar-refractivity contribution < 1.29 is 58.6 Å². The Hall–Kier alpha value is -6.91. The van der Waals surface area contributed by atoms with Crippen LogP contribution in [0.15, 0.2) is 60.8 Å². The molecule has 0 radical (unpaired) electrons. The van der Waals surface area contributed by atoms with Gasteiger partial charge in [0.1, 0.15) is 61.1 Å². The molecule has 0 aliphatic carbocycles. The Balaban J connectivity index is 1.55. The Morgan fingerprint density at radius 1 is 0.900 bits per heavy atom. The van der Waals surface area contributed by atoms with Crippen LogP contribution in [0.25, 0.3) is 22.5 Å². The topological polar surface area (TPSA) is 337 Å². The number of nitrogens with one attached hydrogen (secondary N) is 3. The van der Waals surface area contributed by atoms with Crippen molar-refractivity contribution in [2.24, 2.45) is 22.6 Å². The van der Waals surface area contributed by atoms with Crippen molar-refractivity contribution in [2.45, 2.75) is 90.3 Å². The Labute approximate surface area is 406 Å². The second-order valence-corrected chi connectivity index (χ2v) is 18.3. The molecule has 1 aliphatic heterocycles. The van der Waals surface area contributed by atoms with Gasteiger partial charge in [-0.1, -0.05) is 26.8 Å². The summed E-state index contributed by atoms with van der Waals surface area (Å²) in [5, 5.41) is 50.4. The number of carboxylic acid groups (broad SMARTS) is 1. The molecule has 0 saturated heterocycles. The number of amides is 4. The van der Waals surface area contributed by atoms with E-state index in [0.29, 0.717) is 35.0 Å². The zero-order valence-corrected chi connectivity index (χ0v) is 40.2. The molecule has 5 rings (SSSR count). The molecule has 3 aromatic carbocycles. The molecular formula is C49H65N9O12. The number of carboxylic acids is 1. The maximum atomic E-state index is 14.7. The summed E-state index contributed by atoms with van der Waals surface area (Å²) in [4.78, 5) is 79.4.